The molecular formula is C19H18F3N5O2. The minimum atomic E-state index is -4.57. The number of nitrogens with one attached hydrogen (secondary N) is 1. The van der Waals surface area contributed by atoms with Crippen molar-refractivity contribution in [3.05, 3.63) is 54.1 Å². The molecule has 2 N–H and O–H groups in total. The number of carboxylic acid groups (broad SMARTS) is 1. The van der Waals surface area contributed by atoms with Gasteiger partial charge in [0, 0.05) is 23.6 Å². The van der Waals surface area contributed by atoms with Crippen molar-refractivity contribution in [1.82, 2.24) is 19.7 Å². The highest BCUT2D eigenvalue weighted by Gasteiger charge is 2.33. The maximum absolute atomic E-state index is 12.8. The van der Waals surface area contributed by atoms with Crippen LogP contribution in [0.2, 0.25) is 0 Å². The molecule has 0 bridgehead atoms. The zero-order chi connectivity index (χ0) is 21.4. The summed E-state index contributed by atoms with van der Waals surface area (Å²) in [5.74, 6) is -1.21. The number of aliphatic carboxylic acids is 1. The highest BCUT2D eigenvalue weighted by atomic mass is 19.4. The molecule has 0 aliphatic heterocycles. The monoisotopic (exact) mass is 405 g/mol. The summed E-state index contributed by atoms with van der Waals surface area (Å²) in [6.07, 6.45) is -0.396. The lowest BCUT2D eigenvalue weighted by atomic mass is 10.0. The second kappa shape index (κ2) is 7.19. The molecule has 0 radical (unpaired) electrons. The van der Waals surface area contributed by atoms with E-state index in [9.17, 15) is 23.1 Å². The normalized spacial score (nSPS) is 12.1. The van der Waals surface area contributed by atoms with Crippen LogP contribution in [0.15, 0.2) is 42.9 Å². The molecule has 3 rings (SSSR count). The first-order chi connectivity index (χ1) is 13.5. The van der Waals surface area contributed by atoms with E-state index in [1.165, 1.54) is 24.7 Å². The maximum atomic E-state index is 12.8. The van der Waals surface area contributed by atoms with Gasteiger partial charge in [-0.05, 0) is 50.1 Å². The number of alkyl halides is 3. The van der Waals surface area contributed by atoms with Gasteiger partial charge in [0.1, 0.15) is 5.69 Å². The zero-order valence-corrected chi connectivity index (χ0v) is 15.8. The Bertz CT molecular complexity index is 1060. The Morgan fingerprint density at radius 1 is 1.17 bits per heavy atom. The number of aromatic nitrogens is 4. The van der Waals surface area contributed by atoms with Crippen LogP contribution in [0.5, 0.6) is 0 Å². The summed E-state index contributed by atoms with van der Waals surface area (Å²) in [6.45, 7) is 4.88. The fraction of sp³-hybridized carbons (Fsp3) is 0.263. The summed E-state index contributed by atoms with van der Waals surface area (Å²) >= 11 is 0. The van der Waals surface area contributed by atoms with E-state index in [-0.39, 0.29) is 5.95 Å². The van der Waals surface area contributed by atoms with Crippen LogP contribution in [-0.4, -0.2) is 30.8 Å². The Labute approximate surface area is 164 Å². The predicted molar refractivity (Wildman–Crippen MR) is 99.7 cm³/mol. The average molecular weight is 405 g/mol. The number of nitrogens with zero attached hydrogens (tertiary/aromatic N) is 4. The summed E-state index contributed by atoms with van der Waals surface area (Å²) < 4.78 is 39.9. The van der Waals surface area contributed by atoms with Crippen LogP contribution in [0.25, 0.3) is 11.1 Å². The Morgan fingerprint density at radius 3 is 2.55 bits per heavy atom. The van der Waals surface area contributed by atoms with Gasteiger partial charge in [-0.1, -0.05) is 6.07 Å². The first kappa shape index (κ1) is 20.3. The standard InChI is InChI=1S/C19H18F3N5O2/c1-11-6-12(13-9-24-27(10-13)18(2,3)16(28)29)8-14(7-11)25-17-23-5-4-15(26-17)19(20,21)22/h4-10H,1-3H3,(H,28,29)(H,23,25,26). The fourth-order valence-corrected chi connectivity index (χ4v) is 2.60. The van der Waals surface area contributed by atoms with Crippen LogP contribution in [0, 0.1) is 6.92 Å². The number of aryl methyl sites for hydroxylation is 1. The largest absolute Gasteiger partial charge is 0.479 e. The van der Waals surface area contributed by atoms with E-state index in [1.807, 2.05) is 13.0 Å². The van der Waals surface area contributed by atoms with Crippen LogP contribution in [0.4, 0.5) is 24.8 Å². The number of rotatable bonds is 5. The molecule has 0 amide bonds. The van der Waals surface area contributed by atoms with Gasteiger partial charge >= 0.3 is 12.1 Å². The Kier molecular flexibility index (Phi) is 5.04. The molecule has 0 saturated carbocycles. The summed E-state index contributed by atoms with van der Waals surface area (Å²) in [6, 6.07) is 6.09. The van der Waals surface area contributed by atoms with Crippen LogP contribution in [0.3, 0.4) is 0 Å². The quantitative estimate of drug-likeness (QED) is 0.660. The van der Waals surface area contributed by atoms with E-state index in [4.69, 9.17) is 0 Å². The summed E-state index contributed by atoms with van der Waals surface area (Å²) in [5.41, 5.74) is 0.435. The van der Waals surface area contributed by atoms with Gasteiger partial charge in [0.2, 0.25) is 5.95 Å². The van der Waals surface area contributed by atoms with E-state index in [0.29, 0.717) is 16.8 Å². The first-order valence-corrected chi connectivity index (χ1v) is 8.55. The molecule has 7 nitrogen and oxygen atoms in total. The summed E-state index contributed by atoms with van der Waals surface area (Å²) in [7, 11) is 0. The van der Waals surface area contributed by atoms with E-state index in [2.05, 4.69) is 20.4 Å². The zero-order valence-electron chi connectivity index (χ0n) is 15.8. The molecule has 2 aromatic heterocycles. The van der Waals surface area contributed by atoms with Crippen molar-refractivity contribution in [3.63, 3.8) is 0 Å². The molecule has 2 heterocycles. The van der Waals surface area contributed by atoms with Gasteiger partial charge in [0.25, 0.3) is 0 Å². The molecule has 0 fully saturated rings. The van der Waals surface area contributed by atoms with Crippen LogP contribution >= 0.6 is 0 Å². The van der Waals surface area contributed by atoms with Crippen molar-refractivity contribution in [1.29, 1.82) is 0 Å². The molecule has 3 aromatic rings. The Balaban J connectivity index is 1.92. The molecule has 10 heteroatoms. The number of hydrogen-bond acceptors (Lipinski definition) is 5. The van der Waals surface area contributed by atoms with Gasteiger partial charge < -0.3 is 10.4 Å². The van der Waals surface area contributed by atoms with E-state index in [0.717, 1.165) is 17.8 Å². The lowest BCUT2D eigenvalue weighted by Crippen LogP contribution is -2.35. The number of benzene rings is 1. The number of halogens is 3. The molecule has 1 aromatic carbocycles. The minimum Gasteiger partial charge on any atom is -0.479 e. The van der Waals surface area contributed by atoms with E-state index >= 15 is 0 Å². The third kappa shape index (κ3) is 4.36. The van der Waals surface area contributed by atoms with Crippen molar-refractivity contribution >= 4 is 17.6 Å². The molecule has 0 aliphatic rings. The Hall–Kier alpha value is -3.43. The molecule has 29 heavy (non-hydrogen) atoms. The molecule has 152 valence electrons. The third-order valence-corrected chi connectivity index (χ3v) is 4.29. The SMILES string of the molecule is Cc1cc(Nc2nccc(C(F)(F)F)n2)cc(-c2cnn(C(C)(C)C(=O)O)c2)c1. The topological polar surface area (TPSA) is 92.9 Å². The van der Waals surface area contributed by atoms with Crippen LogP contribution < -0.4 is 5.32 Å². The number of carbonyl (C=O) groups is 1. The molecule has 0 saturated heterocycles. The number of carboxylic acids is 1. The fourth-order valence-electron chi connectivity index (χ4n) is 2.60. The second-order valence-electron chi connectivity index (χ2n) is 7.01. The summed E-state index contributed by atoms with van der Waals surface area (Å²) in [5, 5.41) is 16.3. The molecule has 0 unspecified atom stereocenters. The molecule has 0 atom stereocenters. The first-order valence-electron chi connectivity index (χ1n) is 8.55. The third-order valence-electron chi connectivity index (χ3n) is 4.29. The molecule has 0 spiro atoms. The summed E-state index contributed by atoms with van der Waals surface area (Å²) in [4.78, 5) is 18.7. The highest BCUT2D eigenvalue weighted by Crippen LogP contribution is 2.30. The number of anilines is 2. The van der Waals surface area contributed by atoms with Crippen LogP contribution in [0.1, 0.15) is 25.1 Å². The smallest absolute Gasteiger partial charge is 0.433 e. The Morgan fingerprint density at radius 2 is 1.90 bits per heavy atom. The molecular weight excluding hydrogens is 387 g/mol. The van der Waals surface area contributed by atoms with Gasteiger partial charge in [-0.25, -0.2) is 14.8 Å². The van der Waals surface area contributed by atoms with Crippen molar-refractivity contribution in [3.8, 4) is 11.1 Å². The van der Waals surface area contributed by atoms with Gasteiger partial charge in [0.05, 0.1) is 6.20 Å². The van der Waals surface area contributed by atoms with Crippen LogP contribution in [-0.2, 0) is 16.5 Å². The highest BCUT2D eigenvalue weighted by molar-refractivity contribution is 5.76. The van der Waals surface area contributed by atoms with Crippen molar-refractivity contribution in [2.75, 3.05) is 5.32 Å². The van der Waals surface area contributed by atoms with Crippen molar-refractivity contribution < 1.29 is 23.1 Å². The maximum Gasteiger partial charge on any atom is 0.433 e. The number of hydrogen-bond donors (Lipinski definition) is 2. The van der Waals surface area contributed by atoms with Gasteiger partial charge in [0.15, 0.2) is 5.54 Å². The van der Waals surface area contributed by atoms with E-state index in [1.54, 1.807) is 18.3 Å². The minimum absolute atomic E-state index is 0.181. The van der Waals surface area contributed by atoms with Crippen molar-refractivity contribution in [2.24, 2.45) is 0 Å². The second-order valence-corrected chi connectivity index (χ2v) is 7.01. The lowest BCUT2D eigenvalue weighted by Gasteiger charge is -2.19. The van der Waals surface area contributed by atoms with Crippen molar-refractivity contribution in [2.45, 2.75) is 32.5 Å². The van der Waals surface area contributed by atoms with Gasteiger partial charge in [-0.2, -0.15) is 18.3 Å². The van der Waals surface area contributed by atoms with Gasteiger partial charge in [-0.15, -0.1) is 0 Å². The lowest BCUT2D eigenvalue weighted by molar-refractivity contribution is -0.146. The predicted octanol–water partition coefficient (Wildman–Crippen LogP) is 4.23. The van der Waals surface area contributed by atoms with Gasteiger partial charge in [-0.3, -0.25) is 4.68 Å². The van der Waals surface area contributed by atoms with E-state index < -0.39 is 23.4 Å². The average Bonchev–Trinajstić information content (AvgIpc) is 3.11. The molecule has 0 aliphatic carbocycles.